The van der Waals surface area contributed by atoms with Crippen LogP contribution in [-0.2, 0) is 16.0 Å². The molecular weight excluding hydrogens is 329 g/mol. The van der Waals surface area contributed by atoms with Crippen LogP contribution < -0.4 is 10.6 Å². The second-order valence-corrected chi connectivity index (χ2v) is 6.73. The summed E-state index contributed by atoms with van der Waals surface area (Å²) in [5.41, 5.74) is 3.88. The number of benzene rings is 1. The third-order valence-corrected chi connectivity index (χ3v) is 5.09. The summed E-state index contributed by atoms with van der Waals surface area (Å²) in [5.74, 6) is -1.52. The summed E-state index contributed by atoms with van der Waals surface area (Å²) < 4.78 is 13.5. The molecule has 7 heteroatoms. The van der Waals surface area contributed by atoms with E-state index in [9.17, 15) is 14.0 Å². The number of carbonyl (C=O) groups excluding carboxylic acids is 2. The predicted octanol–water partition coefficient (Wildman–Crippen LogP) is 2.77. The van der Waals surface area contributed by atoms with Gasteiger partial charge in [-0.25, -0.2) is 9.37 Å². The zero-order valence-electron chi connectivity index (χ0n) is 13.3. The number of hydrogen-bond donors (Lipinski definition) is 2. The van der Waals surface area contributed by atoms with Gasteiger partial charge in [0.05, 0.1) is 17.1 Å². The molecule has 0 radical (unpaired) electrons. The van der Waals surface area contributed by atoms with Crippen LogP contribution in [0.1, 0.15) is 34.9 Å². The highest BCUT2D eigenvalue weighted by atomic mass is 32.1. The molecule has 1 aliphatic rings. The van der Waals surface area contributed by atoms with Crippen LogP contribution in [0.4, 0.5) is 10.1 Å². The van der Waals surface area contributed by atoms with E-state index in [0.29, 0.717) is 17.8 Å². The molecule has 3 rings (SSSR count). The highest BCUT2D eigenvalue weighted by molar-refractivity contribution is 7.09. The predicted molar refractivity (Wildman–Crippen MR) is 90.6 cm³/mol. The maximum atomic E-state index is 13.5. The minimum absolute atomic E-state index is 0.0379. The second kappa shape index (κ2) is 7.09. The Kier molecular flexibility index (Phi) is 4.89. The number of fused-ring (bicyclic) bond motifs is 1. The molecule has 1 aromatic heterocycles. The van der Waals surface area contributed by atoms with E-state index < -0.39 is 11.7 Å². The molecule has 2 N–H and O–H groups in total. The normalized spacial score (nSPS) is 16.4. The summed E-state index contributed by atoms with van der Waals surface area (Å²) in [5, 5.41) is 5.53. The Labute approximate surface area is 143 Å². The number of halogens is 1. The van der Waals surface area contributed by atoms with Crippen LogP contribution in [0.15, 0.2) is 23.7 Å². The van der Waals surface area contributed by atoms with Gasteiger partial charge >= 0.3 is 0 Å². The number of amides is 2. The largest absolute Gasteiger partial charge is 0.356 e. The van der Waals surface area contributed by atoms with Crippen LogP contribution in [0.25, 0.3) is 0 Å². The maximum absolute atomic E-state index is 13.5. The average Bonchev–Trinajstić information content (AvgIpc) is 2.96. The molecule has 0 fully saturated rings. The number of hydrogen-bond acceptors (Lipinski definition) is 4. The lowest BCUT2D eigenvalue weighted by atomic mass is 9.89. The smallest absolute Gasteiger partial charge is 0.228 e. The number of aryl methyl sites for hydroxylation is 2. The third kappa shape index (κ3) is 3.62. The molecule has 0 saturated carbocycles. The van der Waals surface area contributed by atoms with E-state index >= 15 is 0 Å². The number of thiazole rings is 1. The van der Waals surface area contributed by atoms with E-state index in [0.717, 1.165) is 18.5 Å². The van der Waals surface area contributed by atoms with Crippen LogP contribution >= 0.6 is 11.3 Å². The minimum atomic E-state index is -0.644. The van der Waals surface area contributed by atoms with Crippen molar-refractivity contribution in [2.45, 2.75) is 32.1 Å². The van der Waals surface area contributed by atoms with Crippen molar-refractivity contribution in [1.29, 1.82) is 0 Å². The van der Waals surface area contributed by atoms with E-state index in [1.807, 2.05) is 12.4 Å². The first kappa shape index (κ1) is 16.6. The lowest BCUT2D eigenvalue weighted by Gasteiger charge is -2.24. The molecule has 0 bridgehead atoms. The van der Waals surface area contributed by atoms with Crippen LogP contribution in [0.3, 0.4) is 0 Å². The van der Waals surface area contributed by atoms with E-state index in [4.69, 9.17) is 0 Å². The van der Waals surface area contributed by atoms with Gasteiger partial charge in [-0.1, -0.05) is 0 Å². The van der Waals surface area contributed by atoms with Gasteiger partial charge in [0.25, 0.3) is 0 Å². The van der Waals surface area contributed by atoms with E-state index in [2.05, 4.69) is 15.6 Å². The van der Waals surface area contributed by atoms with Gasteiger partial charge in [0.15, 0.2) is 0 Å². The summed E-state index contributed by atoms with van der Waals surface area (Å²) in [7, 11) is 0. The lowest BCUT2D eigenvalue weighted by Crippen LogP contribution is -2.35. The van der Waals surface area contributed by atoms with E-state index in [1.165, 1.54) is 23.1 Å². The standard InChI is InChI=1S/C17H18FN3O2S/c1-10-15(24-9-20-10)3-2-6-19-17(23)13-8-16(22)21-14-5-4-11(18)7-12(13)14/h4-5,7,9,13H,2-3,6,8H2,1H3,(H,19,23)(H,21,22)/t13-/m1/s1. The van der Waals surface area contributed by atoms with Gasteiger partial charge in [-0.15, -0.1) is 11.3 Å². The van der Waals surface area contributed by atoms with Crippen LogP contribution in [0.2, 0.25) is 0 Å². The first-order valence-corrected chi connectivity index (χ1v) is 8.68. The maximum Gasteiger partial charge on any atom is 0.228 e. The van der Waals surface area contributed by atoms with Crippen molar-refractivity contribution in [2.24, 2.45) is 0 Å². The Morgan fingerprint density at radius 2 is 2.33 bits per heavy atom. The molecule has 126 valence electrons. The molecule has 1 aromatic carbocycles. The Morgan fingerprint density at radius 3 is 3.08 bits per heavy atom. The van der Waals surface area contributed by atoms with Gasteiger partial charge < -0.3 is 10.6 Å². The zero-order valence-corrected chi connectivity index (χ0v) is 14.1. The molecule has 1 aliphatic heterocycles. The molecule has 0 spiro atoms. The van der Waals surface area contributed by atoms with E-state index in [1.54, 1.807) is 11.3 Å². The first-order chi connectivity index (χ1) is 11.5. The number of nitrogens with one attached hydrogen (secondary N) is 2. The summed E-state index contributed by atoms with van der Waals surface area (Å²) in [6.07, 6.45) is 1.69. The van der Waals surface area contributed by atoms with Gasteiger partial charge in [0, 0.05) is 23.5 Å². The molecule has 2 heterocycles. The first-order valence-electron chi connectivity index (χ1n) is 7.80. The van der Waals surface area contributed by atoms with Crippen LogP contribution in [0, 0.1) is 12.7 Å². The molecule has 0 aliphatic carbocycles. The second-order valence-electron chi connectivity index (χ2n) is 5.79. The SMILES string of the molecule is Cc1ncsc1CCCNC(=O)[C@@H]1CC(=O)Nc2ccc(F)cc21. The molecule has 24 heavy (non-hydrogen) atoms. The third-order valence-electron chi connectivity index (χ3n) is 4.09. The molecule has 5 nitrogen and oxygen atoms in total. The number of aromatic nitrogens is 1. The molecular formula is C17H18FN3O2S. The number of anilines is 1. The molecule has 0 saturated heterocycles. The molecule has 2 aromatic rings. The van der Waals surface area contributed by atoms with Crippen molar-refractivity contribution in [3.63, 3.8) is 0 Å². The van der Waals surface area contributed by atoms with E-state index in [-0.39, 0.29) is 18.2 Å². The Morgan fingerprint density at radius 1 is 1.50 bits per heavy atom. The number of nitrogens with zero attached hydrogens (tertiary/aromatic N) is 1. The van der Waals surface area contributed by atoms with Gasteiger partial charge in [-0.05, 0) is 43.5 Å². The van der Waals surface area contributed by atoms with Gasteiger partial charge in [0.1, 0.15) is 5.82 Å². The van der Waals surface area contributed by atoms with Crippen molar-refractivity contribution >= 4 is 28.8 Å². The van der Waals surface area contributed by atoms with Crippen molar-refractivity contribution in [2.75, 3.05) is 11.9 Å². The van der Waals surface area contributed by atoms with Gasteiger partial charge in [-0.2, -0.15) is 0 Å². The lowest BCUT2D eigenvalue weighted by molar-refractivity contribution is -0.126. The summed E-state index contributed by atoms with van der Waals surface area (Å²) >= 11 is 1.61. The molecule has 0 unspecified atom stereocenters. The summed E-state index contributed by atoms with van der Waals surface area (Å²) in [6.45, 7) is 2.48. The fourth-order valence-electron chi connectivity index (χ4n) is 2.82. The molecule has 2 amide bonds. The number of carbonyl (C=O) groups is 2. The Balaban J connectivity index is 1.60. The fraction of sp³-hybridized carbons (Fsp3) is 0.353. The van der Waals surface area contributed by atoms with Gasteiger partial charge in [-0.3, -0.25) is 9.59 Å². The Hall–Kier alpha value is -2.28. The van der Waals surface area contributed by atoms with Crippen molar-refractivity contribution in [1.82, 2.24) is 10.3 Å². The zero-order chi connectivity index (χ0) is 17.1. The van der Waals surface area contributed by atoms with Crippen molar-refractivity contribution in [3.05, 3.63) is 45.7 Å². The highest BCUT2D eigenvalue weighted by Gasteiger charge is 2.30. The van der Waals surface area contributed by atoms with Gasteiger partial charge in [0.2, 0.25) is 11.8 Å². The monoisotopic (exact) mass is 347 g/mol. The summed E-state index contributed by atoms with van der Waals surface area (Å²) in [6, 6.07) is 4.09. The Bertz CT molecular complexity index is 775. The highest BCUT2D eigenvalue weighted by Crippen LogP contribution is 2.32. The van der Waals surface area contributed by atoms with Crippen molar-refractivity contribution in [3.8, 4) is 0 Å². The van der Waals surface area contributed by atoms with Crippen LogP contribution in [-0.4, -0.2) is 23.3 Å². The number of rotatable bonds is 5. The summed E-state index contributed by atoms with van der Waals surface area (Å²) in [4.78, 5) is 29.6. The van der Waals surface area contributed by atoms with Crippen LogP contribution in [0.5, 0.6) is 0 Å². The minimum Gasteiger partial charge on any atom is -0.356 e. The quantitative estimate of drug-likeness (QED) is 0.817. The molecule has 1 atom stereocenters. The fourth-order valence-corrected chi connectivity index (χ4v) is 3.64. The topological polar surface area (TPSA) is 71.1 Å². The van der Waals surface area contributed by atoms with Crippen molar-refractivity contribution < 1.29 is 14.0 Å². The average molecular weight is 347 g/mol.